The third kappa shape index (κ3) is 4.28. The fourth-order valence-electron chi connectivity index (χ4n) is 1.42. The molecule has 1 atom stereocenters. The fraction of sp³-hybridized carbons (Fsp3) is 0.818. The lowest BCUT2D eigenvalue weighted by Crippen LogP contribution is -2.19. The monoisotopic (exact) mass is 226 g/mol. The Labute approximate surface area is 97.2 Å². The van der Waals surface area contributed by atoms with E-state index in [4.69, 9.17) is 4.74 Å². The molecule has 5 heteroatoms. The van der Waals surface area contributed by atoms with E-state index >= 15 is 0 Å². The SMILES string of the molecule is COCC(C)n1cc(CNCC(C)C)nn1. The number of nitrogens with one attached hydrogen (secondary N) is 1. The average Bonchev–Trinajstić information content (AvgIpc) is 2.66. The van der Waals surface area contributed by atoms with Crippen molar-refractivity contribution in [3.63, 3.8) is 0 Å². The summed E-state index contributed by atoms with van der Waals surface area (Å²) in [6.45, 7) is 8.86. The summed E-state index contributed by atoms with van der Waals surface area (Å²) in [5, 5.41) is 11.5. The Morgan fingerprint density at radius 3 is 2.81 bits per heavy atom. The van der Waals surface area contributed by atoms with E-state index in [1.54, 1.807) is 7.11 Å². The Morgan fingerprint density at radius 1 is 1.44 bits per heavy atom. The van der Waals surface area contributed by atoms with Crippen LogP contribution in [0, 0.1) is 5.92 Å². The van der Waals surface area contributed by atoms with Gasteiger partial charge in [-0.3, -0.25) is 0 Å². The number of hydrogen-bond acceptors (Lipinski definition) is 4. The van der Waals surface area contributed by atoms with Crippen LogP contribution in [0.2, 0.25) is 0 Å². The normalized spacial score (nSPS) is 13.3. The maximum absolute atomic E-state index is 5.08. The number of ether oxygens (including phenoxy) is 1. The van der Waals surface area contributed by atoms with Gasteiger partial charge in [0.25, 0.3) is 0 Å². The molecule has 0 saturated carbocycles. The Kier molecular flexibility index (Phi) is 5.42. The summed E-state index contributed by atoms with van der Waals surface area (Å²) in [6.07, 6.45) is 1.97. The molecule has 0 saturated heterocycles. The third-order valence-electron chi connectivity index (χ3n) is 2.28. The lowest BCUT2D eigenvalue weighted by atomic mass is 10.2. The molecule has 16 heavy (non-hydrogen) atoms. The van der Waals surface area contributed by atoms with E-state index in [1.807, 2.05) is 10.9 Å². The number of rotatable bonds is 7. The smallest absolute Gasteiger partial charge is 0.0964 e. The molecule has 1 unspecified atom stereocenters. The molecule has 1 aromatic heterocycles. The maximum atomic E-state index is 5.08. The summed E-state index contributed by atoms with van der Waals surface area (Å²) >= 11 is 0. The van der Waals surface area contributed by atoms with E-state index in [1.165, 1.54) is 0 Å². The minimum atomic E-state index is 0.233. The van der Waals surface area contributed by atoms with E-state index in [9.17, 15) is 0 Å². The zero-order valence-corrected chi connectivity index (χ0v) is 10.6. The second-order valence-corrected chi connectivity index (χ2v) is 4.52. The quantitative estimate of drug-likeness (QED) is 0.760. The van der Waals surface area contributed by atoms with Crippen molar-refractivity contribution >= 4 is 0 Å². The van der Waals surface area contributed by atoms with Crippen molar-refractivity contribution in [1.82, 2.24) is 20.3 Å². The van der Waals surface area contributed by atoms with Crippen LogP contribution in [0.3, 0.4) is 0 Å². The fourth-order valence-corrected chi connectivity index (χ4v) is 1.42. The highest BCUT2D eigenvalue weighted by Gasteiger charge is 2.07. The molecule has 1 N–H and O–H groups in total. The molecule has 5 nitrogen and oxygen atoms in total. The zero-order chi connectivity index (χ0) is 12.0. The Hall–Kier alpha value is -0.940. The molecule has 1 heterocycles. The van der Waals surface area contributed by atoms with Gasteiger partial charge in [-0.15, -0.1) is 5.10 Å². The van der Waals surface area contributed by atoms with E-state index < -0.39 is 0 Å². The van der Waals surface area contributed by atoms with Crippen LogP contribution in [0.1, 0.15) is 32.5 Å². The molecule has 0 spiro atoms. The average molecular weight is 226 g/mol. The highest BCUT2D eigenvalue weighted by molar-refractivity contribution is 4.92. The Morgan fingerprint density at radius 2 is 2.19 bits per heavy atom. The van der Waals surface area contributed by atoms with E-state index in [0.29, 0.717) is 12.5 Å². The van der Waals surface area contributed by atoms with Crippen LogP contribution in [0.25, 0.3) is 0 Å². The molecule has 1 aromatic rings. The van der Waals surface area contributed by atoms with Crippen molar-refractivity contribution in [3.05, 3.63) is 11.9 Å². The predicted molar refractivity (Wildman–Crippen MR) is 63.2 cm³/mol. The van der Waals surface area contributed by atoms with Gasteiger partial charge in [0.05, 0.1) is 24.5 Å². The molecular weight excluding hydrogens is 204 g/mol. The summed E-state index contributed by atoms with van der Waals surface area (Å²) in [4.78, 5) is 0. The number of hydrogen-bond donors (Lipinski definition) is 1. The largest absolute Gasteiger partial charge is 0.382 e. The number of methoxy groups -OCH3 is 1. The second kappa shape index (κ2) is 6.60. The van der Waals surface area contributed by atoms with Gasteiger partial charge in [0.1, 0.15) is 0 Å². The molecule has 92 valence electrons. The van der Waals surface area contributed by atoms with Gasteiger partial charge >= 0.3 is 0 Å². The van der Waals surface area contributed by atoms with Crippen LogP contribution in [0.4, 0.5) is 0 Å². The van der Waals surface area contributed by atoms with Crippen LogP contribution < -0.4 is 5.32 Å². The lowest BCUT2D eigenvalue weighted by molar-refractivity contribution is 0.156. The minimum Gasteiger partial charge on any atom is -0.382 e. The Balaban J connectivity index is 2.39. The summed E-state index contributed by atoms with van der Waals surface area (Å²) in [5.74, 6) is 0.655. The Bertz CT molecular complexity index is 298. The standard InChI is InChI=1S/C11H22N4O/c1-9(2)5-12-6-11-7-15(14-13-11)10(3)8-16-4/h7,9-10,12H,5-6,8H2,1-4H3. The highest BCUT2D eigenvalue weighted by atomic mass is 16.5. The summed E-state index contributed by atoms with van der Waals surface area (Å²) in [6, 6.07) is 0.233. The minimum absolute atomic E-state index is 0.233. The molecule has 0 fully saturated rings. The summed E-state index contributed by atoms with van der Waals surface area (Å²) < 4.78 is 6.92. The number of nitrogens with zero attached hydrogens (tertiary/aromatic N) is 3. The van der Waals surface area contributed by atoms with Crippen molar-refractivity contribution < 1.29 is 4.74 Å². The van der Waals surface area contributed by atoms with Gasteiger partial charge in [-0.1, -0.05) is 19.1 Å². The molecule has 1 rings (SSSR count). The van der Waals surface area contributed by atoms with Crippen molar-refractivity contribution in [1.29, 1.82) is 0 Å². The zero-order valence-electron chi connectivity index (χ0n) is 10.6. The molecule has 0 aliphatic rings. The van der Waals surface area contributed by atoms with Crippen LogP contribution in [-0.2, 0) is 11.3 Å². The van der Waals surface area contributed by atoms with Crippen molar-refractivity contribution in [3.8, 4) is 0 Å². The van der Waals surface area contributed by atoms with Crippen LogP contribution in [-0.4, -0.2) is 35.3 Å². The topological polar surface area (TPSA) is 52.0 Å². The van der Waals surface area contributed by atoms with Crippen molar-refractivity contribution in [2.75, 3.05) is 20.3 Å². The van der Waals surface area contributed by atoms with Gasteiger partial charge in [-0.05, 0) is 19.4 Å². The molecule has 0 aromatic carbocycles. The van der Waals surface area contributed by atoms with Crippen molar-refractivity contribution in [2.24, 2.45) is 5.92 Å². The molecule has 0 bridgehead atoms. The summed E-state index contributed by atoms with van der Waals surface area (Å²) in [5.41, 5.74) is 0.976. The lowest BCUT2D eigenvalue weighted by Gasteiger charge is -2.08. The van der Waals surface area contributed by atoms with E-state index in [2.05, 4.69) is 36.4 Å². The van der Waals surface area contributed by atoms with Crippen LogP contribution in [0.15, 0.2) is 6.20 Å². The van der Waals surface area contributed by atoms with Gasteiger partial charge in [-0.25, -0.2) is 4.68 Å². The molecule has 0 radical (unpaired) electrons. The summed E-state index contributed by atoms with van der Waals surface area (Å²) in [7, 11) is 1.69. The number of aromatic nitrogens is 3. The van der Waals surface area contributed by atoms with Gasteiger partial charge < -0.3 is 10.1 Å². The third-order valence-corrected chi connectivity index (χ3v) is 2.28. The van der Waals surface area contributed by atoms with Crippen LogP contribution >= 0.6 is 0 Å². The first-order valence-corrected chi connectivity index (χ1v) is 5.73. The first kappa shape index (κ1) is 13.1. The predicted octanol–water partition coefficient (Wildman–Crippen LogP) is 1.23. The second-order valence-electron chi connectivity index (χ2n) is 4.52. The first-order valence-electron chi connectivity index (χ1n) is 5.73. The molecule has 0 aliphatic carbocycles. The van der Waals surface area contributed by atoms with E-state index in [0.717, 1.165) is 18.8 Å². The van der Waals surface area contributed by atoms with Crippen LogP contribution in [0.5, 0.6) is 0 Å². The molecule has 0 amide bonds. The molecule has 0 aliphatic heterocycles. The maximum Gasteiger partial charge on any atom is 0.0964 e. The highest BCUT2D eigenvalue weighted by Crippen LogP contribution is 2.04. The van der Waals surface area contributed by atoms with Crippen molar-refractivity contribution in [2.45, 2.75) is 33.4 Å². The van der Waals surface area contributed by atoms with E-state index in [-0.39, 0.29) is 6.04 Å². The van der Waals surface area contributed by atoms with Gasteiger partial charge in [0.2, 0.25) is 0 Å². The van der Waals surface area contributed by atoms with Gasteiger partial charge in [0, 0.05) is 13.7 Å². The molecular formula is C11H22N4O. The first-order chi connectivity index (χ1) is 7.63. The van der Waals surface area contributed by atoms with Gasteiger partial charge in [0.15, 0.2) is 0 Å². The van der Waals surface area contributed by atoms with Gasteiger partial charge in [-0.2, -0.15) is 0 Å².